The van der Waals surface area contributed by atoms with E-state index in [1.807, 2.05) is 0 Å². The number of halogens is 1. The quantitative estimate of drug-likeness (QED) is 0.900. The number of hydrogen-bond acceptors (Lipinski definition) is 4. The topological polar surface area (TPSA) is 59.2 Å². The zero-order chi connectivity index (χ0) is 12.9. The first-order valence-corrected chi connectivity index (χ1v) is 6.18. The van der Waals surface area contributed by atoms with Gasteiger partial charge in [-0.25, -0.2) is 0 Å². The molecule has 0 saturated heterocycles. The Hall–Kier alpha value is -1.55. The number of phenols is 1. The van der Waals surface area contributed by atoms with Crippen LogP contribution in [-0.4, -0.2) is 15.2 Å². The van der Waals surface area contributed by atoms with E-state index in [0.29, 0.717) is 28.2 Å². The minimum absolute atomic E-state index is 0.0488. The smallest absolute Gasteiger partial charge is 0.261 e. The van der Waals surface area contributed by atoms with Crippen LogP contribution in [0.2, 0.25) is 5.02 Å². The zero-order valence-corrected chi connectivity index (χ0v) is 10.9. The highest BCUT2D eigenvalue weighted by Gasteiger charge is 2.49. The van der Waals surface area contributed by atoms with Gasteiger partial charge in [-0.15, -0.1) is 0 Å². The number of hydrogen-bond donors (Lipinski definition) is 1. The first kappa shape index (κ1) is 11.5. The molecule has 5 heteroatoms. The number of rotatable bonds is 2. The third kappa shape index (κ3) is 1.86. The van der Waals surface area contributed by atoms with Crippen LogP contribution in [0.3, 0.4) is 0 Å². The van der Waals surface area contributed by atoms with Crippen LogP contribution in [-0.2, 0) is 0 Å². The Morgan fingerprint density at radius 1 is 1.44 bits per heavy atom. The summed E-state index contributed by atoms with van der Waals surface area (Å²) in [6.07, 6.45) is 1.07. The molecule has 1 aliphatic rings. The summed E-state index contributed by atoms with van der Waals surface area (Å²) in [5, 5.41) is 14.3. The molecule has 1 unspecified atom stereocenters. The van der Waals surface area contributed by atoms with Crippen LogP contribution in [0.15, 0.2) is 22.7 Å². The lowest BCUT2D eigenvalue weighted by Crippen LogP contribution is -1.91. The van der Waals surface area contributed by atoms with Crippen molar-refractivity contribution in [2.24, 2.45) is 5.41 Å². The lowest BCUT2D eigenvalue weighted by Gasteiger charge is -1.99. The van der Waals surface area contributed by atoms with Crippen LogP contribution in [0.4, 0.5) is 0 Å². The van der Waals surface area contributed by atoms with E-state index < -0.39 is 0 Å². The number of aromatic nitrogens is 2. The van der Waals surface area contributed by atoms with Crippen molar-refractivity contribution in [2.45, 2.75) is 26.2 Å². The average molecular weight is 265 g/mol. The van der Waals surface area contributed by atoms with Gasteiger partial charge in [0.1, 0.15) is 5.75 Å². The average Bonchev–Trinajstić information content (AvgIpc) is 2.74. The van der Waals surface area contributed by atoms with Crippen molar-refractivity contribution in [2.75, 3.05) is 0 Å². The summed E-state index contributed by atoms with van der Waals surface area (Å²) in [4.78, 5) is 4.35. The lowest BCUT2D eigenvalue weighted by atomic mass is 10.1. The molecule has 0 amide bonds. The molecule has 2 aromatic rings. The van der Waals surface area contributed by atoms with Crippen LogP contribution >= 0.6 is 11.6 Å². The van der Waals surface area contributed by atoms with Gasteiger partial charge in [0.15, 0.2) is 5.82 Å². The fraction of sp³-hybridized carbons (Fsp3) is 0.385. The number of aromatic hydroxyl groups is 1. The van der Waals surface area contributed by atoms with E-state index in [4.69, 9.17) is 16.1 Å². The fourth-order valence-corrected chi connectivity index (χ4v) is 2.25. The van der Waals surface area contributed by atoms with Crippen molar-refractivity contribution in [3.8, 4) is 17.2 Å². The third-order valence-electron chi connectivity index (χ3n) is 3.46. The summed E-state index contributed by atoms with van der Waals surface area (Å²) in [6.45, 7) is 4.35. The maximum absolute atomic E-state index is 9.80. The van der Waals surface area contributed by atoms with E-state index in [1.165, 1.54) is 6.07 Å². The van der Waals surface area contributed by atoms with Crippen molar-refractivity contribution in [3.05, 3.63) is 29.0 Å². The molecule has 1 fully saturated rings. The highest BCUT2D eigenvalue weighted by atomic mass is 35.5. The van der Waals surface area contributed by atoms with Crippen molar-refractivity contribution < 1.29 is 9.63 Å². The summed E-state index contributed by atoms with van der Waals surface area (Å²) < 4.78 is 5.20. The molecular formula is C13H13ClN2O2. The molecule has 1 saturated carbocycles. The summed E-state index contributed by atoms with van der Waals surface area (Å²) >= 11 is 5.78. The highest BCUT2D eigenvalue weighted by Crippen LogP contribution is 2.57. The molecule has 18 heavy (non-hydrogen) atoms. The number of nitrogens with zero attached hydrogens (tertiary/aromatic N) is 2. The summed E-state index contributed by atoms with van der Waals surface area (Å²) in [5.41, 5.74) is 0.764. The molecule has 0 aliphatic heterocycles. The molecular weight excluding hydrogens is 252 g/mol. The van der Waals surface area contributed by atoms with E-state index in [1.54, 1.807) is 12.1 Å². The summed E-state index contributed by atoms with van der Waals surface area (Å²) in [7, 11) is 0. The Morgan fingerprint density at radius 2 is 2.17 bits per heavy atom. The van der Waals surface area contributed by atoms with Gasteiger partial charge in [0.25, 0.3) is 5.89 Å². The van der Waals surface area contributed by atoms with Crippen LogP contribution in [0, 0.1) is 5.41 Å². The van der Waals surface area contributed by atoms with E-state index >= 15 is 0 Å². The molecule has 1 aliphatic carbocycles. The Labute approximate surface area is 110 Å². The molecule has 0 bridgehead atoms. The van der Waals surface area contributed by atoms with Gasteiger partial charge in [-0.2, -0.15) is 4.98 Å². The van der Waals surface area contributed by atoms with Gasteiger partial charge in [0.05, 0.1) is 5.56 Å². The second-order valence-electron chi connectivity index (χ2n) is 5.36. The molecule has 1 atom stereocenters. The molecule has 1 aromatic heterocycles. The van der Waals surface area contributed by atoms with Crippen LogP contribution < -0.4 is 0 Å². The SMILES string of the molecule is CC1(C)CC1c1noc(-c2ccc(Cl)cc2O)n1. The molecule has 3 rings (SSSR count). The van der Waals surface area contributed by atoms with Gasteiger partial charge in [-0.3, -0.25) is 0 Å². The minimum Gasteiger partial charge on any atom is -0.507 e. The van der Waals surface area contributed by atoms with Gasteiger partial charge < -0.3 is 9.63 Å². The van der Waals surface area contributed by atoms with Crippen molar-refractivity contribution in [3.63, 3.8) is 0 Å². The molecule has 0 radical (unpaired) electrons. The second kappa shape index (κ2) is 3.72. The minimum atomic E-state index is 0.0488. The fourth-order valence-electron chi connectivity index (χ4n) is 2.08. The summed E-state index contributed by atoms with van der Waals surface area (Å²) in [6, 6.07) is 4.82. The molecule has 94 valence electrons. The van der Waals surface area contributed by atoms with E-state index in [-0.39, 0.29) is 11.2 Å². The molecule has 0 spiro atoms. The zero-order valence-electron chi connectivity index (χ0n) is 10.1. The maximum atomic E-state index is 9.80. The lowest BCUT2D eigenvalue weighted by molar-refractivity contribution is 0.414. The van der Waals surface area contributed by atoms with Gasteiger partial charge >= 0.3 is 0 Å². The molecule has 1 heterocycles. The van der Waals surface area contributed by atoms with Crippen LogP contribution in [0.1, 0.15) is 32.0 Å². The maximum Gasteiger partial charge on any atom is 0.261 e. The van der Waals surface area contributed by atoms with Crippen molar-refractivity contribution >= 4 is 11.6 Å². The second-order valence-corrected chi connectivity index (χ2v) is 5.80. The van der Waals surface area contributed by atoms with Crippen LogP contribution in [0.5, 0.6) is 5.75 Å². The Kier molecular flexibility index (Phi) is 2.38. The monoisotopic (exact) mass is 264 g/mol. The summed E-state index contributed by atoms with van der Waals surface area (Å²) in [5.74, 6) is 1.45. The van der Waals surface area contributed by atoms with E-state index in [0.717, 1.165) is 6.42 Å². The van der Waals surface area contributed by atoms with Crippen molar-refractivity contribution in [1.29, 1.82) is 0 Å². The van der Waals surface area contributed by atoms with E-state index in [9.17, 15) is 5.11 Å². The number of phenolic OH excluding ortho intramolecular Hbond substituents is 1. The standard InChI is InChI=1S/C13H13ClN2O2/c1-13(2)6-9(13)11-15-12(18-16-11)8-4-3-7(14)5-10(8)17/h3-5,9,17H,6H2,1-2H3. The normalized spacial score (nSPS) is 20.9. The van der Waals surface area contributed by atoms with Gasteiger partial charge in [0.2, 0.25) is 0 Å². The van der Waals surface area contributed by atoms with E-state index in [2.05, 4.69) is 24.0 Å². The first-order chi connectivity index (χ1) is 8.47. The van der Waals surface area contributed by atoms with Gasteiger partial charge in [-0.05, 0) is 30.0 Å². The third-order valence-corrected chi connectivity index (χ3v) is 3.69. The molecule has 4 nitrogen and oxygen atoms in total. The Balaban J connectivity index is 1.94. The predicted octanol–water partition coefficient (Wildman–Crippen LogP) is 3.61. The Morgan fingerprint density at radius 3 is 2.78 bits per heavy atom. The molecule has 1 aromatic carbocycles. The van der Waals surface area contributed by atoms with Crippen molar-refractivity contribution in [1.82, 2.24) is 10.1 Å². The number of benzene rings is 1. The van der Waals surface area contributed by atoms with Crippen LogP contribution in [0.25, 0.3) is 11.5 Å². The van der Waals surface area contributed by atoms with Gasteiger partial charge in [0, 0.05) is 10.9 Å². The highest BCUT2D eigenvalue weighted by molar-refractivity contribution is 6.30. The first-order valence-electron chi connectivity index (χ1n) is 5.80. The predicted molar refractivity (Wildman–Crippen MR) is 67.5 cm³/mol. The van der Waals surface area contributed by atoms with Gasteiger partial charge in [-0.1, -0.05) is 30.6 Å². The largest absolute Gasteiger partial charge is 0.507 e. The molecule has 1 N–H and O–H groups in total. The Bertz CT molecular complexity index is 607.